The van der Waals surface area contributed by atoms with Crippen LogP contribution in [-0.4, -0.2) is 45.1 Å². The van der Waals surface area contributed by atoms with Crippen molar-refractivity contribution in [3.63, 3.8) is 0 Å². The maximum absolute atomic E-state index is 12.3. The lowest BCUT2D eigenvalue weighted by molar-refractivity contribution is 0.0583. The summed E-state index contributed by atoms with van der Waals surface area (Å²) in [7, 11) is -3.31. The summed E-state index contributed by atoms with van der Waals surface area (Å²) < 4.78 is 34.4. The molecule has 5 nitrogen and oxygen atoms in total. The second kappa shape index (κ2) is 6.52. The first-order valence-electron chi connectivity index (χ1n) is 7.34. The maximum Gasteiger partial charge on any atom is 0.279 e. The highest BCUT2D eigenvalue weighted by molar-refractivity contribution is 7.87. The fourth-order valence-corrected chi connectivity index (χ4v) is 4.35. The molecule has 2 heterocycles. The van der Waals surface area contributed by atoms with Gasteiger partial charge in [-0.1, -0.05) is 6.92 Å². The Labute approximate surface area is 116 Å². The van der Waals surface area contributed by atoms with Crippen molar-refractivity contribution < 1.29 is 13.2 Å². The predicted molar refractivity (Wildman–Crippen MR) is 75.0 cm³/mol. The molecule has 0 bridgehead atoms. The largest absolute Gasteiger partial charge is 0.381 e. The Morgan fingerprint density at radius 3 is 2.32 bits per heavy atom. The molecule has 0 aromatic heterocycles. The monoisotopic (exact) mass is 290 g/mol. The van der Waals surface area contributed by atoms with Crippen molar-refractivity contribution >= 4 is 10.2 Å². The zero-order valence-corrected chi connectivity index (χ0v) is 12.8. The third-order valence-corrected chi connectivity index (χ3v) is 6.11. The van der Waals surface area contributed by atoms with Crippen LogP contribution < -0.4 is 4.72 Å². The summed E-state index contributed by atoms with van der Waals surface area (Å²) in [5.74, 6) is 1.03. The standard InChI is InChI=1S/C13H26N2O3S/c1-11-3-7-15(8-4-11)19(16,17)14-12(2)13-5-9-18-10-6-13/h11-14H,3-10H2,1-2H3. The van der Waals surface area contributed by atoms with Crippen LogP contribution >= 0.6 is 0 Å². The van der Waals surface area contributed by atoms with Crippen LogP contribution in [0.15, 0.2) is 0 Å². The molecule has 0 radical (unpaired) electrons. The maximum atomic E-state index is 12.3. The second-order valence-corrected chi connectivity index (χ2v) is 7.65. The second-order valence-electron chi connectivity index (χ2n) is 5.94. The molecule has 2 fully saturated rings. The van der Waals surface area contributed by atoms with Gasteiger partial charge >= 0.3 is 0 Å². The smallest absolute Gasteiger partial charge is 0.279 e. The van der Waals surface area contributed by atoms with Crippen LogP contribution in [0.25, 0.3) is 0 Å². The van der Waals surface area contributed by atoms with Gasteiger partial charge in [0.25, 0.3) is 10.2 Å². The van der Waals surface area contributed by atoms with Crippen LogP contribution in [0, 0.1) is 11.8 Å². The van der Waals surface area contributed by atoms with Crippen molar-refractivity contribution in [2.24, 2.45) is 11.8 Å². The first-order valence-corrected chi connectivity index (χ1v) is 8.78. The summed E-state index contributed by atoms with van der Waals surface area (Å²) in [6, 6.07) is -0.00625. The number of nitrogens with zero attached hydrogens (tertiary/aromatic N) is 1. The third-order valence-electron chi connectivity index (χ3n) is 4.39. The Kier molecular flexibility index (Phi) is 5.22. The lowest BCUT2D eigenvalue weighted by Crippen LogP contribution is -2.49. The first-order chi connectivity index (χ1) is 8.99. The fourth-order valence-electron chi connectivity index (χ4n) is 2.85. The molecule has 2 rings (SSSR count). The summed E-state index contributed by atoms with van der Waals surface area (Å²) in [4.78, 5) is 0. The molecule has 1 unspecified atom stereocenters. The average molecular weight is 290 g/mol. The zero-order chi connectivity index (χ0) is 13.9. The van der Waals surface area contributed by atoms with Crippen LogP contribution in [0.2, 0.25) is 0 Å². The van der Waals surface area contributed by atoms with Crippen molar-refractivity contribution in [3.05, 3.63) is 0 Å². The van der Waals surface area contributed by atoms with Gasteiger partial charge in [0.2, 0.25) is 0 Å². The molecular weight excluding hydrogens is 264 g/mol. The summed E-state index contributed by atoms with van der Waals surface area (Å²) >= 11 is 0. The van der Waals surface area contributed by atoms with E-state index in [0.29, 0.717) is 24.9 Å². The van der Waals surface area contributed by atoms with Gasteiger partial charge in [-0.15, -0.1) is 0 Å². The molecular formula is C13H26N2O3S. The van der Waals surface area contributed by atoms with Crippen LogP contribution in [-0.2, 0) is 14.9 Å². The molecule has 19 heavy (non-hydrogen) atoms. The van der Waals surface area contributed by atoms with E-state index in [1.54, 1.807) is 4.31 Å². The van der Waals surface area contributed by atoms with E-state index < -0.39 is 10.2 Å². The molecule has 0 amide bonds. The molecule has 0 spiro atoms. The van der Waals surface area contributed by atoms with E-state index in [1.807, 2.05) is 6.92 Å². The molecule has 112 valence electrons. The molecule has 1 N–H and O–H groups in total. The number of hydrogen-bond donors (Lipinski definition) is 1. The van der Waals surface area contributed by atoms with E-state index in [2.05, 4.69) is 11.6 Å². The molecule has 0 saturated carbocycles. The lowest BCUT2D eigenvalue weighted by atomic mass is 9.94. The van der Waals surface area contributed by atoms with Gasteiger partial charge in [-0.2, -0.15) is 17.4 Å². The van der Waals surface area contributed by atoms with Crippen LogP contribution in [0.3, 0.4) is 0 Å². The minimum atomic E-state index is -3.31. The van der Waals surface area contributed by atoms with Gasteiger partial charge in [0, 0.05) is 32.3 Å². The molecule has 2 saturated heterocycles. The van der Waals surface area contributed by atoms with Crippen molar-refractivity contribution in [2.45, 2.75) is 45.6 Å². The number of piperidine rings is 1. The van der Waals surface area contributed by atoms with E-state index in [9.17, 15) is 8.42 Å². The highest BCUT2D eigenvalue weighted by atomic mass is 32.2. The molecule has 0 aliphatic carbocycles. The van der Waals surface area contributed by atoms with Gasteiger partial charge in [0.05, 0.1) is 0 Å². The summed E-state index contributed by atoms with van der Waals surface area (Å²) in [5.41, 5.74) is 0. The number of ether oxygens (including phenoxy) is 1. The van der Waals surface area contributed by atoms with E-state index >= 15 is 0 Å². The minimum absolute atomic E-state index is 0.00625. The lowest BCUT2D eigenvalue weighted by Gasteiger charge is -2.33. The van der Waals surface area contributed by atoms with Gasteiger partial charge < -0.3 is 4.74 Å². The summed E-state index contributed by atoms with van der Waals surface area (Å²) in [5, 5.41) is 0. The molecule has 0 aromatic carbocycles. The Morgan fingerprint density at radius 1 is 1.16 bits per heavy atom. The van der Waals surface area contributed by atoms with Crippen molar-refractivity contribution in [1.82, 2.24) is 9.03 Å². The topological polar surface area (TPSA) is 58.6 Å². The van der Waals surface area contributed by atoms with Crippen molar-refractivity contribution in [2.75, 3.05) is 26.3 Å². The normalized spacial score (nSPS) is 26.4. The van der Waals surface area contributed by atoms with Crippen molar-refractivity contribution in [3.8, 4) is 0 Å². The SMILES string of the molecule is CC1CCN(S(=O)(=O)NC(C)C2CCOCC2)CC1. The van der Waals surface area contributed by atoms with Gasteiger partial charge in [-0.25, -0.2) is 0 Å². The highest BCUT2D eigenvalue weighted by Gasteiger charge is 2.30. The molecule has 0 aromatic rings. The number of hydrogen-bond acceptors (Lipinski definition) is 3. The molecule has 2 aliphatic heterocycles. The number of rotatable bonds is 4. The highest BCUT2D eigenvalue weighted by Crippen LogP contribution is 2.21. The van der Waals surface area contributed by atoms with Crippen LogP contribution in [0.1, 0.15) is 39.5 Å². The third kappa shape index (κ3) is 4.15. The van der Waals surface area contributed by atoms with E-state index in [-0.39, 0.29) is 6.04 Å². The van der Waals surface area contributed by atoms with E-state index in [1.165, 1.54) is 0 Å². The fraction of sp³-hybridized carbons (Fsp3) is 1.00. The van der Waals surface area contributed by atoms with Crippen LogP contribution in [0.5, 0.6) is 0 Å². The average Bonchev–Trinajstić information content (AvgIpc) is 2.40. The Hall–Kier alpha value is -0.170. The summed E-state index contributed by atoms with van der Waals surface area (Å²) in [6.45, 7) is 6.95. The molecule has 2 aliphatic rings. The van der Waals surface area contributed by atoms with Gasteiger partial charge in [0.15, 0.2) is 0 Å². The Bertz CT molecular complexity index is 371. The van der Waals surface area contributed by atoms with E-state index in [4.69, 9.17) is 4.74 Å². The Morgan fingerprint density at radius 2 is 1.74 bits per heavy atom. The van der Waals surface area contributed by atoms with Crippen molar-refractivity contribution in [1.29, 1.82) is 0 Å². The van der Waals surface area contributed by atoms with E-state index in [0.717, 1.165) is 38.9 Å². The first kappa shape index (κ1) is 15.2. The number of nitrogens with one attached hydrogen (secondary N) is 1. The summed E-state index contributed by atoms with van der Waals surface area (Å²) in [6.07, 6.45) is 3.82. The molecule has 6 heteroatoms. The minimum Gasteiger partial charge on any atom is -0.381 e. The van der Waals surface area contributed by atoms with Gasteiger partial charge in [0.1, 0.15) is 0 Å². The van der Waals surface area contributed by atoms with Crippen LogP contribution in [0.4, 0.5) is 0 Å². The quantitative estimate of drug-likeness (QED) is 0.850. The van der Waals surface area contributed by atoms with Gasteiger partial charge in [-0.05, 0) is 44.4 Å². The zero-order valence-electron chi connectivity index (χ0n) is 12.0. The Balaban J connectivity index is 1.89. The molecule has 1 atom stereocenters. The van der Waals surface area contributed by atoms with Gasteiger partial charge in [-0.3, -0.25) is 0 Å². The predicted octanol–water partition coefficient (Wildman–Crippen LogP) is 1.37.